The molecule has 4 N–H and O–H groups in total. The average Bonchev–Trinajstić information content (AvgIpc) is 2.59. The van der Waals surface area contributed by atoms with E-state index >= 15 is 0 Å². The number of carboxylic acid groups (broad SMARTS) is 1. The highest BCUT2D eigenvalue weighted by Crippen LogP contribution is 2.45. The van der Waals surface area contributed by atoms with Gasteiger partial charge in [-0.1, -0.05) is 31.4 Å². The van der Waals surface area contributed by atoms with Gasteiger partial charge < -0.3 is 20.4 Å². The number of hydrogen-bond donors (Lipinski definition) is 4. The molecule has 0 heterocycles. The first-order valence-corrected chi connectivity index (χ1v) is 11.4. The summed E-state index contributed by atoms with van der Waals surface area (Å²) in [5.74, 6) is -0.631. The molecule has 1 fully saturated rings. The molecule has 1 unspecified atom stereocenters. The van der Waals surface area contributed by atoms with E-state index in [1.807, 2.05) is 6.07 Å². The first-order valence-electron chi connectivity index (χ1n) is 9.37. The van der Waals surface area contributed by atoms with Crippen molar-refractivity contribution in [3.8, 4) is 0 Å². The Bertz CT molecular complexity index is 630. The van der Waals surface area contributed by atoms with Gasteiger partial charge >= 0.3 is 5.97 Å². The number of aliphatic hydroxyl groups is 1. The number of aliphatic hydroxyl groups excluding tert-OH is 1. The zero-order chi connectivity index (χ0) is 19.0. The van der Waals surface area contributed by atoms with Crippen molar-refractivity contribution in [1.82, 2.24) is 5.32 Å². The summed E-state index contributed by atoms with van der Waals surface area (Å²) in [4.78, 5) is 21.1. The van der Waals surface area contributed by atoms with Crippen molar-refractivity contribution in [2.45, 2.75) is 44.6 Å². The number of nitrogens with one attached hydrogen (secondary N) is 1. The predicted molar refractivity (Wildman–Crippen MR) is 102 cm³/mol. The summed E-state index contributed by atoms with van der Waals surface area (Å²) in [7, 11) is -3.30. The highest BCUT2D eigenvalue weighted by atomic mass is 31.2. The number of carboxylic acids is 1. The van der Waals surface area contributed by atoms with Crippen LogP contribution >= 0.6 is 7.37 Å². The summed E-state index contributed by atoms with van der Waals surface area (Å²) in [5, 5.41) is 22.1. The largest absolute Gasteiger partial charge is 0.478 e. The summed E-state index contributed by atoms with van der Waals surface area (Å²) >= 11 is 0. The number of rotatable bonds is 10. The summed E-state index contributed by atoms with van der Waals surface area (Å²) in [5.41, 5.74) is 1.16. The molecule has 146 valence electrons. The van der Waals surface area contributed by atoms with E-state index in [2.05, 4.69) is 5.32 Å². The molecule has 2 rings (SSSR count). The fraction of sp³-hybridized carbons (Fsp3) is 0.632. The van der Waals surface area contributed by atoms with Gasteiger partial charge in [0.1, 0.15) is 0 Å². The topological polar surface area (TPSA) is 107 Å². The fourth-order valence-electron chi connectivity index (χ4n) is 3.60. The molecule has 0 aromatic heterocycles. The lowest BCUT2D eigenvalue weighted by atomic mass is 9.91. The Morgan fingerprint density at radius 1 is 1.27 bits per heavy atom. The van der Waals surface area contributed by atoms with Gasteiger partial charge in [0, 0.05) is 12.7 Å². The average molecular weight is 383 g/mol. The Hall–Kier alpha value is -1.20. The normalized spacial score (nSPS) is 19.0. The monoisotopic (exact) mass is 383 g/mol. The lowest BCUT2D eigenvalue weighted by Crippen LogP contribution is -2.31. The van der Waals surface area contributed by atoms with Gasteiger partial charge in [0.15, 0.2) is 0 Å². The molecule has 0 amide bonds. The van der Waals surface area contributed by atoms with Crippen molar-refractivity contribution >= 4 is 13.3 Å². The minimum Gasteiger partial charge on any atom is -0.478 e. The molecule has 0 radical (unpaired) electrons. The molecule has 26 heavy (non-hydrogen) atoms. The van der Waals surface area contributed by atoms with Crippen LogP contribution in [-0.4, -0.2) is 52.6 Å². The van der Waals surface area contributed by atoms with Gasteiger partial charge in [-0.25, -0.2) is 4.79 Å². The Kier molecular flexibility index (Phi) is 8.29. The van der Waals surface area contributed by atoms with Crippen LogP contribution < -0.4 is 5.32 Å². The first kappa shape index (κ1) is 21.1. The lowest BCUT2D eigenvalue weighted by Gasteiger charge is -2.25. The molecule has 1 aliphatic rings. The molecule has 1 saturated carbocycles. The zero-order valence-electron chi connectivity index (χ0n) is 15.1. The van der Waals surface area contributed by atoms with Crippen molar-refractivity contribution in [3.05, 3.63) is 35.4 Å². The predicted octanol–water partition coefficient (Wildman–Crippen LogP) is 2.73. The van der Waals surface area contributed by atoms with Gasteiger partial charge in [-0.05, 0) is 49.4 Å². The third-order valence-electron chi connectivity index (χ3n) is 4.91. The minimum atomic E-state index is -3.30. The third kappa shape index (κ3) is 7.58. The van der Waals surface area contributed by atoms with Gasteiger partial charge in [0.2, 0.25) is 7.37 Å². The van der Waals surface area contributed by atoms with E-state index < -0.39 is 19.4 Å². The molecular weight excluding hydrogens is 353 g/mol. The summed E-state index contributed by atoms with van der Waals surface area (Å²) in [6, 6.07) is 6.75. The highest BCUT2D eigenvalue weighted by molar-refractivity contribution is 7.58. The summed E-state index contributed by atoms with van der Waals surface area (Å²) in [6.07, 6.45) is 5.58. The van der Waals surface area contributed by atoms with Crippen molar-refractivity contribution in [1.29, 1.82) is 0 Å². The standard InChI is InChI=1S/C19H30NO5P/c21-18(14-26(24,25)13-16-5-2-1-3-6-16)12-20-10-9-15-7-4-8-17(11-15)19(22)23/h4,7-8,11,16,18,20-21H,1-3,5-6,9-10,12-14H2,(H,22,23)(H,24,25)/t18-/m0/s1. The van der Waals surface area contributed by atoms with Crippen LogP contribution in [0.1, 0.15) is 48.0 Å². The second-order valence-electron chi connectivity index (χ2n) is 7.33. The van der Waals surface area contributed by atoms with Gasteiger partial charge in [0.05, 0.1) is 17.8 Å². The van der Waals surface area contributed by atoms with Gasteiger partial charge in [-0.3, -0.25) is 4.57 Å². The number of benzene rings is 1. The minimum absolute atomic E-state index is 0.0645. The molecule has 7 heteroatoms. The third-order valence-corrected chi connectivity index (χ3v) is 6.99. The number of aromatic carboxylic acids is 1. The van der Waals surface area contributed by atoms with Crippen LogP contribution in [-0.2, 0) is 11.0 Å². The van der Waals surface area contributed by atoms with Crippen molar-refractivity contribution in [3.63, 3.8) is 0 Å². The van der Waals surface area contributed by atoms with Gasteiger partial charge in [0.25, 0.3) is 0 Å². The Labute approximate surface area is 155 Å². The maximum Gasteiger partial charge on any atom is 0.335 e. The van der Waals surface area contributed by atoms with E-state index in [4.69, 9.17) is 5.11 Å². The Morgan fingerprint density at radius 2 is 2.00 bits per heavy atom. The summed E-state index contributed by atoms with van der Waals surface area (Å²) < 4.78 is 12.4. The molecule has 0 aliphatic heterocycles. The maximum atomic E-state index is 12.4. The van der Waals surface area contributed by atoms with Crippen molar-refractivity contribution < 1.29 is 24.5 Å². The van der Waals surface area contributed by atoms with Crippen LogP contribution in [0.15, 0.2) is 24.3 Å². The van der Waals surface area contributed by atoms with Crippen LogP contribution in [0.25, 0.3) is 0 Å². The molecule has 1 aromatic rings. The molecule has 1 aliphatic carbocycles. The molecule has 0 saturated heterocycles. The second-order valence-corrected chi connectivity index (χ2v) is 9.75. The van der Waals surface area contributed by atoms with Crippen molar-refractivity contribution in [2.75, 3.05) is 25.4 Å². The van der Waals surface area contributed by atoms with Crippen LogP contribution in [0, 0.1) is 5.92 Å². The van der Waals surface area contributed by atoms with E-state index in [1.54, 1.807) is 18.2 Å². The molecule has 2 atom stereocenters. The Morgan fingerprint density at radius 3 is 2.69 bits per heavy atom. The quantitative estimate of drug-likeness (QED) is 0.366. The maximum absolute atomic E-state index is 12.4. The van der Waals surface area contributed by atoms with E-state index in [9.17, 15) is 19.4 Å². The van der Waals surface area contributed by atoms with Crippen LogP contribution in [0.5, 0.6) is 0 Å². The molecule has 6 nitrogen and oxygen atoms in total. The van der Waals surface area contributed by atoms with Crippen LogP contribution in [0.2, 0.25) is 0 Å². The second kappa shape index (κ2) is 10.2. The zero-order valence-corrected chi connectivity index (χ0v) is 16.0. The smallest absolute Gasteiger partial charge is 0.335 e. The molecule has 1 aromatic carbocycles. The SMILES string of the molecule is O=C(O)c1cccc(CCNC[C@H](O)CP(=O)(O)CC2CCCCC2)c1. The van der Waals surface area contributed by atoms with Gasteiger partial charge in [-0.15, -0.1) is 0 Å². The summed E-state index contributed by atoms with van der Waals surface area (Å²) in [6.45, 7) is 0.826. The van der Waals surface area contributed by atoms with Gasteiger partial charge in [-0.2, -0.15) is 0 Å². The molecule has 0 spiro atoms. The lowest BCUT2D eigenvalue weighted by molar-refractivity contribution is 0.0696. The number of carbonyl (C=O) groups is 1. The molecule has 0 bridgehead atoms. The Balaban J connectivity index is 1.67. The van der Waals surface area contributed by atoms with Crippen LogP contribution in [0.4, 0.5) is 0 Å². The number of hydrogen-bond acceptors (Lipinski definition) is 4. The molecular formula is C19H30NO5P. The van der Waals surface area contributed by atoms with Crippen molar-refractivity contribution in [2.24, 2.45) is 5.92 Å². The van der Waals surface area contributed by atoms with E-state index in [0.717, 1.165) is 31.2 Å². The van der Waals surface area contributed by atoms with E-state index in [0.29, 0.717) is 25.0 Å². The first-order chi connectivity index (χ1) is 12.4. The van der Waals surface area contributed by atoms with Crippen LogP contribution in [0.3, 0.4) is 0 Å². The highest BCUT2D eigenvalue weighted by Gasteiger charge is 2.27. The van der Waals surface area contributed by atoms with E-state index in [-0.39, 0.29) is 18.3 Å². The fourth-order valence-corrected chi connectivity index (χ4v) is 5.71. The van der Waals surface area contributed by atoms with E-state index in [1.165, 1.54) is 6.42 Å².